The van der Waals surface area contributed by atoms with Crippen molar-refractivity contribution < 1.29 is 0 Å². The molecule has 0 aromatic carbocycles. The maximum absolute atomic E-state index is 5.71. The molecular formula is C9H16N4. The summed E-state index contributed by atoms with van der Waals surface area (Å²) in [6.45, 7) is 4.82. The van der Waals surface area contributed by atoms with Crippen LogP contribution < -0.4 is 5.73 Å². The smallest absolute Gasteiger partial charge is 0.140 e. The molecule has 2 rings (SSSR count). The highest BCUT2D eigenvalue weighted by Crippen LogP contribution is 2.37. The van der Waals surface area contributed by atoms with Crippen LogP contribution in [0.3, 0.4) is 0 Å². The van der Waals surface area contributed by atoms with E-state index < -0.39 is 0 Å². The molecule has 0 bridgehead atoms. The molecule has 0 unspecified atom stereocenters. The maximum atomic E-state index is 5.71. The van der Waals surface area contributed by atoms with Gasteiger partial charge in [0.25, 0.3) is 0 Å². The summed E-state index contributed by atoms with van der Waals surface area (Å²) in [5.74, 6) is 1.03. The highest BCUT2D eigenvalue weighted by atomic mass is 15.3. The first-order valence-electron chi connectivity index (χ1n) is 4.75. The van der Waals surface area contributed by atoms with E-state index in [1.807, 2.05) is 6.33 Å². The van der Waals surface area contributed by atoms with Crippen LogP contribution in [-0.4, -0.2) is 21.3 Å². The van der Waals surface area contributed by atoms with Crippen LogP contribution in [0, 0.1) is 0 Å². The molecule has 0 radical (unpaired) electrons. The second-order valence-electron chi connectivity index (χ2n) is 4.38. The van der Waals surface area contributed by atoms with Crippen molar-refractivity contribution in [1.82, 2.24) is 14.8 Å². The molecule has 1 saturated carbocycles. The predicted octanol–water partition coefficient (Wildman–Crippen LogP) is 0.849. The van der Waals surface area contributed by atoms with Gasteiger partial charge in [-0.15, -0.1) is 10.2 Å². The van der Waals surface area contributed by atoms with Gasteiger partial charge in [0.15, 0.2) is 0 Å². The zero-order valence-corrected chi connectivity index (χ0v) is 8.20. The summed E-state index contributed by atoms with van der Waals surface area (Å²) in [6.07, 6.45) is 4.34. The third-order valence-corrected chi connectivity index (χ3v) is 2.63. The van der Waals surface area contributed by atoms with Gasteiger partial charge in [-0.2, -0.15) is 0 Å². The molecule has 4 nitrogen and oxygen atoms in total. The zero-order chi connectivity index (χ0) is 9.47. The Labute approximate surface area is 78.1 Å². The van der Waals surface area contributed by atoms with Gasteiger partial charge in [-0.05, 0) is 12.8 Å². The Hall–Kier alpha value is -0.900. The van der Waals surface area contributed by atoms with Gasteiger partial charge in [0.05, 0.1) is 0 Å². The first-order chi connectivity index (χ1) is 6.15. The second kappa shape index (κ2) is 2.80. The van der Waals surface area contributed by atoms with Crippen LogP contribution in [0.5, 0.6) is 0 Å². The lowest BCUT2D eigenvalue weighted by atomic mass is 9.93. The summed E-state index contributed by atoms with van der Waals surface area (Å²) >= 11 is 0. The van der Waals surface area contributed by atoms with Crippen LogP contribution in [0.4, 0.5) is 0 Å². The predicted molar refractivity (Wildman–Crippen MR) is 50.4 cm³/mol. The van der Waals surface area contributed by atoms with E-state index in [2.05, 4.69) is 28.6 Å². The molecule has 1 aromatic rings. The van der Waals surface area contributed by atoms with Gasteiger partial charge in [0.1, 0.15) is 12.2 Å². The molecule has 0 aliphatic heterocycles. The van der Waals surface area contributed by atoms with E-state index in [1.165, 1.54) is 12.8 Å². The molecule has 1 aromatic heterocycles. The number of aromatic nitrogens is 3. The number of hydrogen-bond acceptors (Lipinski definition) is 3. The van der Waals surface area contributed by atoms with Crippen LogP contribution in [0.15, 0.2) is 6.33 Å². The van der Waals surface area contributed by atoms with Gasteiger partial charge in [-0.25, -0.2) is 0 Å². The Morgan fingerprint density at radius 1 is 1.62 bits per heavy atom. The van der Waals surface area contributed by atoms with Gasteiger partial charge in [0, 0.05) is 18.0 Å². The standard InChI is InChI=1S/C9H16N4/c1-9(2,5-10)8-12-11-6-13(8)7-3-4-7/h6-7H,3-5,10H2,1-2H3. The Kier molecular flexibility index (Phi) is 1.87. The lowest BCUT2D eigenvalue weighted by Gasteiger charge is -2.21. The van der Waals surface area contributed by atoms with E-state index in [0.29, 0.717) is 12.6 Å². The molecule has 0 amide bonds. The van der Waals surface area contributed by atoms with E-state index in [9.17, 15) is 0 Å². The lowest BCUT2D eigenvalue weighted by Crippen LogP contribution is -2.31. The zero-order valence-electron chi connectivity index (χ0n) is 8.20. The minimum atomic E-state index is -0.0565. The van der Waals surface area contributed by atoms with E-state index >= 15 is 0 Å². The molecule has 0 atom stereocenters. The molecule has 13 heavy (non-hydrogen) atoms. The van der Waals surface area contributed by atoms with Crippen molar-refractivity contribution in [3.8, 4) is 0 Å². The van der Waals surface area contributed by atoms with Crippen molar-refractivity contribution in [3.63, 3.8) is 0 Å². The fourth-order valence-electron chi connectivity index (χ4n) is 1.44. The lowest BCUT2D eigenvalue weighted by molar-refractivity contribution is 0.468. The average Bonchev–Trinajstić information content (AvgIpc) is 2.83. The van der Waals surface area contributed by atoms with Crippen LogP contribution in [0.2, 0.25) is 0 Å². The molecule has 4 heteroatoms. The van der Waals surface area contributed by atoms with Gasteiger partial charge in [0.2, 0.25) is 0 Å². The minimum Gasteiger partial charge on any atom is -0.329 e. The fraction of sp³-hybridized carbons (Fsp3) is 0.778. The van der Waals surface area contributed by atoms with Gasteiger partial charge in [-0.3, -0.25) is 0 Å². The summed E-state index contributed by atoms with van der Waals surface area (Å²) in [5.41, 5.74) is 5.65. The van der Waals surface area contributed by atoms with Gasteiger partial charge < -0.3 is 10.3 Å². The van der Waals surface area contributed by atoms with Crippen molar-refractivity contribution in [3.05, 3.63) is 12.2 Å². The van der Waals surface area contributed by atoms with Gasteiger partial charge >= 0.3 is 0 Å². The van der Waals surface area contributed by atoms with Gasteiger partial charge in [-0.1, -0.05) is 13.8 Å². The third-order valence-electron chi connectivity index (χ3n) is 2.63. The Morgan fingerprint density at radius 2 is 2.31 bits per heavy atom. The largest absolute Gasteiger partial charge is 0.329 e. The fourth-order valence-corrected chi connectivity index (χ4v) is 1.44. The highest BCUT2D eigenvalue weighted by Gasteiger charge is 2.32. The average molecular weight is 180 g/mol. The summed E-state index contributed by atoms with van der Waals surface area (Å²) in [4.78, 5) is 0. The maximum Gasteiger partial charge on any atom is 0.140 e. The third kappa shape index (κ3) is 1.46. The summed E-state index contributed by atoms with van der Waals surface area (Å²) in [7, 11) is 0. The molecule has 0 saturated heterocycles. The Balaban J connectivity index is 2.33. The topological polar surface area (TPSA) is 56.7 Å². The molecule has 1 heterocycles. The number of nitrogens with two attached hydrogens (primary N) is 1. The van der Waals surface area contributed by atoms with Crippen molar-refractivity contribution in [2.24, 2.45) is 5.73 Å². The van der Waals surface area contributed by atoms with E-state index in [1.54, 1.807) is 0 Å². The monoisotopic (exact) mass is 180 g/mol. The number of nitrogens with zero attached hydrogens (tertiary/aromatic N) is 3. The number of hydrogen-bond donors (Lipinski definition) is 1. The summed E-state index contributed by atoms with van der Waals surface area (Å²) in [5, 5.41) is 8.11. The first kappa shape index (κ1) is 8.69. The molecule has 72 valence electrons. The second-order valence-corrected chi connectivity index (χ2v) is 4.38. The van der Waals surface area contributed by atoms with Crippen LogP contribution in [0.1, 0.15) is 38.6 Å². The summed E-state index contributed by atoms with van der Waals surface area (Å²) < 4.78 is 2.17. The molecule has 2 N–H and O–H groups in total. The van der Waals surface area contributed by atoms with E-state index in [4.69, 9.17) is 5.73 Å². The Morgan fingerprint density at radius 3 is 2.85 bits per heavy atom. The highest BCUT2D eigenvalue weighted by molar-refractivity contribution is 5.07. The number of rotatable bonds is 3. The first-order valence-corrected chi connectivity index (χ1v) is 4.75. The quantitative estimate of drug-likeness (QED) is 0.750. The molecule has 1 aliphatic carbocycles. The molecule has 0 spiro atoms. The van der Waals surface area contributed by atoms with Crippen molar-refractivity contribution in [1.29, 1.82) is 0 Å². The van der Waals surface area contributed by atoms with Crippen LogP contribution in [0.25, 0.3) is 0 Å². The van der Waals surface area contributed by atoms with Crippen molar-refractivity contribution in [2.45, 2.75) is 38.1 Å². The SMILES string of the molecule is CC(C)(CN)c1nncn1C1CC1. The molecule has 1 fully saturated rings. The van der Waals surface area contributed by atoms with Crippen molar-refractivity contribution in [2.75, 3.05) is 6.54 Å². The van der Waals surface area contributed by atoms with Crippen LogP contribution in [-0.2, 0) is 5.41 Å². The van der Waals surface area contributed by atoms with Crippen LogP contribution >= 0.6 is 0 Å². The van der Waals surface area contributed by atoms with Crippen molar-refractivity contribution >= 4 is 0 Å². The van der Waals surface area contributed by atoms with E-state index in [0.717, 1.165) is 5.82 Å². The molecular weight excluding hydrogens is 164 g/mol. The Bertz CT molecular complexity index is 298. The summed E-state index contributed by atoms with van der Waals surface area (Å²) in [6, 6.07) is 0.635. The normalized spacial score (nSPS) is 17.8. The van der Waals surface area contributed by atoms with E-state index in [-0.39, 0.29) is 5.41 Å². The minimum absolute atomic E-state index is 0.0565. The molecule has 1 aliphatic rings.